The van der Waals surface area contributed by atoms with E-state index in [4.69, 9.17) is 4.74 Å². The average molecular weight is 354 g/mol. The number of methoxy groups -OCH3 is 1. The zero-order valence-corrected chi connectivity index (χ0v) is 15.1. The fraction of sp³-hybridized carbons (Fsp3) is 0.316. The van der Waals surface area contributed by atoms with Crippen molar-refractivity contribution in [2.45, 2.75) is 26.4 Å². The summed E-state index contributed by atoms with van der Waals surface area (Å²) in [6.45, 7) is 4.31. The number of ether oxygens (including phenoxy) is 1. The predicted molar refractivity (Wildman–Crippen MR) is 98.2 cm³/mol. The largest absolute Gasteiger partial charge is 0.497 e. The Bertz CT molecular complexity index is 976. The Morgan fingerprint density at radius 2 is 2.08 bits per heavy atom. The van der Waals surface area contributed by atoms with Crippen LogP contribution in [-0.4, -0.2) is 38.6 Å². The number of carbonyl (C=O) groups excluding carboxylic acids is 1. The number of hydrogen-bond acceptors (Lipinski definition) is 4. The van der Waals surface area contributed by atoms with Gasteiger partial charge in [-0.05, 0) is 43.7 Å². The zero-order chi connectivity index (χ0) is 18.7. The Hall–Kier alpha value is -3.09. The first-order chi connectivity index (χ1) is 12.5. The second-order valence-corrected chi connectivity index (χ2v) is 6.00. The number of benzene rings is 1. The first-order valence-electron chi connectivity index (χ1n) is 8.52. The summed E-state index contributed by atoms with van der Waals surface area (Å²) in [5, 5.41) is 4.23. The number of pyridine rings is 1. The summed E-state index contributed by atoms with van der Waals surface area (Å²) in [5.74, 6) is 0.586. The third-order valence-corrected chi connectivity index (χ3v) is 4.48. The van der Waals surface area contributed by atoms with E-state index in [1.165, 1.54) is 9.08 Å². The van der Waals surface area contributed by atoms with Gasteiger partial charge in [-0.15, -0.1) is 5.10 Å². The highest BCUT2D eigenvalue weighted by atomic mass is 16.5. The van der Waals surface area contributed by atoms with E-state index >= 15 is 0 Å². The molecule has 1 unspecified atom stereocenters. The van der Waals surface area contributed by atoms with Crippen molar-refractivity contribution in [1.29, 1.82) is 0 Å². The van der Waals surface area contributed by atoms with Crippen LogP contribution in [0.4, 0.5) is 0 Å². The highest BCUT2D eigenvalue weighted by Gasteiger charge is 2.22. The molecule has 2 heterocycles. The van der Waals surface area contributed by atoms with Gasteiger partial charge in [-0.1, -0.05) is 18.2 Å². The van der Waals surface area contributed by atoms with Gasteiger partial charge in [-0.3, -0.25) is 9.20 Å². The second-order valence-electron chi connectivity index (χ2n) is 6.00. The molecule has 26 heavy (non-hydrogen) atoms. The van der Waals surface area contributed by atoms with Crippen LogP contribution in [0.5, 0.6) is 5.75 Å². The molecule has 3 aromatic rings. The molecule has 0 N–H and O–H groups in total. The van der Waals surface area contributed by atoms with Crippen LogP contribution >= 0.6 is 0 Å². The topological polar surface area (TPSA) is 68.8 Å². The molecule has 0 aliphatic rings. The molecule has 1 aromatic carbocycles. The normalized spacial score (nSPS) is 12.1. The van der Waals surface area contributed by atoms with Gasteiger partial charge in [0.15, 0.2) is 5.65 Å². The second kappa shape index (κ2) is 7.43. The molecule has 0 radical (unpaired) electrons. The number of rotatable bonds is 6. The van der Waals surface area contributed by atoms with Crippen molar-refractivity contribution in [3.05, 3.63) is 64.7 Å². The van der Waals surface area contributed by atoms with Crippen LogP contribution in [0, 0.1) is 0 Å². The van der Waals surface area contributed by atoms with Crippen molar-refractivity contribution in [1.82, 2.24) is 19.1 Å². The lowest BCUT2D eigenvalue weighted by Gasteiger charge is -2.28. The van der Waals surface area contributed by atoms with Crippen LogP contribution in [0.1, 0.15) is 25.5 Å². The number of fused-ring (bicyclic) bond motifs is 1. The number of hydrogen-bond donors (Lipinski definition) is 0. The van der Waals surface area contributed by atoms with Gasteiger partial charge in [0, 0.05) is 12.7 Å². The first-order valence-corrected chi connectivity index (χ1v) is 8.52. The van der Waals surface area contributed by atoms with E-state index in [1.54, 1.807) is 36.4 Å². The van der Waals surface area contributed by atoms with Crippen molar-refractivity contribution in [3.63, 3.8) is 0 Å². The number of likely N-dealkylation sites (N-methyl/N-ethyl adjacent to an activating group) is 1. The SMILES string of the molecule is CCN(C(=O)Cn1nc2ccccn2c1=O)C(C)c1cccc(OC)c1. The maximum absolute atomic E-state index is 12.8. The summed E-state index contributed by atoms with van der Waals surface area (Å²) < 4.78 is 7.89. The highest BCUT2D eigenvalue weighted by Crippen LogP contribution is 2.24. The van der Waals surface area contributed by atoms with E-state index in [9.17, 15) is 9.59 Å². The molecule has 1 atom stereocenters. The molecular weight excluding hydrogens is 332 g/mol. The summed E-state index contributed by atoms with van der Waals surface area (Å²) in [5.41, 5.74) is 1.18. The van der Waals surface area contributed by atoms with Crippen LogP contribution in [-0.2, 0) is 11.3 Å². The van der Waals surface area contributed by atoms with Crippen LogP contribution in [0.2, 0.25) is 0 Å². The quantitative estimate of drug-likeness (QED) is 0.680. The number of nitrogens with zero attached hydrogens (tertiary/aromatic N) is 4. The molecule has 0 fully saturated rings. The Labute approximate surface area is 151 Å². The van der Waals surface area contributed by atoms with Gasteiger partial charge in [0.1, 0.15) is 12.3 Å². The molecule has 3 rings (SSSR count). The molecule has 7 heteroatoms. The molecule has 7 nitrogen and oxygen atoms in total. The van der Waals surface area contributed by atoms with Gasteiger partial charge in [0.25, 0.3) is 0 Å². The van der Waals surface area contributed by atoms with Crippen LogP contribution in [0.3, 0.4) is 0 Å². The minimum Gasteiger partial charge on any atom is -0.497 e. The minimum atomic E-state index is -0.320. The fourth-order valence-corrected chi connectivity index (χ4v) is 3.04. The van der Waals surface area contributed by atoms with Gasteiger partial charge < -0.3 is 9.64 Å². The van der Waals surface area contributed by atoms with Gasteiger partial charge in [0.05, 0.1) is 13.2 Å². The molecule has 136 valence electrons. The summed E-state index contributed by atoms with van der Waals surface area (Å²) in [7, 11) is 1.61. The third kappa shape index (κ3) is 3.33. The molecule has 0 saturated carbocycles. The standard InChI is InChI=1S/C19H22N4O3/c1-4-21(14(2)15-8-7-9-16(12-15)26-3)18(24)13-23-19(25)22-11-6-5-10-17(22)20-23/h5-12,14H,4,13H2,1-3H3. The lowest BCUT2D eigenvalue weighted by atomic mass is 10.1. The van der Waals surface area contributed by atoms with E-state index in [1.807, 2.05) is 38.1 Å². The zero-order valence-electron chi connectivity index (χ0n) is 15.1. The first kappa shape index (κ1) is 17.7. The molecule has 0 aliphatic carbocycles. The molecule has 1 amide bonds. The van der Waals surface area contributed by atoms with E-state index in [0.29, 0.717) is 12.2 Å². The Balaban J connectivity index is 1.83. The highest BCUT2D eigenvalue weighted by molar-refractivity contribution is 5.76. The van der Waals surface area contributed by atoms with Gasteiger partial charge >= 0.3 is 5.69 Å². The molecule has 0 aliphatic heterocycles. The van der Waals surface area contributed by atoms with E-state index in [0.717, 1.165) is 11.3 Å². The Kier molecular flexibility index (Phi) is 5.06. The maximum atomic E-state index is 12.8. The minimum absolute atomic E-state index is 0.0946. The molecular formula is C19H22N4O3. The Morgan fingerprint density at radius 3 is 2.77 bits per heavy atom. The lowest BCUT2D eigenvalue weighted by molar-refractivity contribution is -0.134. The van der Waals surface area contributed by atoms with Gasteiger partial charge in [0.2, 0.25) is 5.91 Å². The van der Waals surface area contributed by atoms with Crippen molar-refractivity contribution in [2.24, 2.45) is 0 Å². The third-order valence-electron chi connectivity index (χ3n) is 4.48. The van der Waals surface area contributed by atoms with E-state index in [2.05, 4.69) is 5.10 Å². The lowest BCUT2D eigenvalue weighted by Crippen LogP contribution is -2.38. The van der Waals surface area contributed by atoms with Crippen LogP contribution in [0.25, 0.3) is 5.65 Å². The fourth-order valence-electron chi connectivity index (χ4n) is 3.04. The number of amides is 1. The summed E-state index contributed by atoms with van der Waals surface area (Å²) in [6, 6.07) is 12.8. The molecule has 2 aromatic heterocycles. The van der Waals surface area contributed by atoms with Crippen molar-refractivity contribution >= 4 is 11.6 Å². The van der Waals surface area contributed by atoms with Crippen molar-refractivity contribution in [3.8, 4) is 5.75 Å². The van der Waals surface area contributed by atoms with Gasteiger partial charge in [-0.25, -0.2) is 9.48 Å². The molecule has 0 saturated heterocycles. The van der Waals surface area contributed by atoms with Crippen LogP contribution in [0.15, 0.2) is 53.5 Å². The Morgan fingerprint density at radius 1 is 1.27 bits per heavy atom. The van der Waals surface area contributed by atoms with Crippen molar-refractivity contribution < 1.29 is 9.53 Å². The summed E-state index contributed by atoms with van der Waals surface area (Å²) >= 11 is 0. The van der Waals surface area contributed by atoms with Crippen LogP contribution < -0.4 is 10.4 Å². The average Bonchev–Trinajstić information content (AvgIpc) is 2.98. The van der Waals surface area contributed by atoms with Gasteiger partial charge in [-0.2, -0.15) is 0 Å². The van der Waals surface area contributed by atoms with Crippen molar-refractivity contribution in [2.75, 3.05) is 13.7 Å². The summed E-state index contributed by atoms with van der Waals surface area (Å²) in [4.78, 5) is 26.9. The molecule has 0 bridgehead atoms. The maximum Gasteiger partial charge on any atom is 0.350 e. The monoisotopic (exact) mass is 354 g/mol. The molecule has 0 spiro atoms. The smallest absolute Gasteiger partial charge is 0.350 e. The number of carbonyl (C=O) groups is 1. The van der Waals surface area contributed by atoms with E-state index < -0.39 is 0 Å². The predicted octanol–water partition coefficient (Wildman–Crippen LogP) is 2.11. The number of aromatic nitrogens is 3. The van der Waals surface area contributed by atoms with E-state index in [-0.39, 0.29) is 24.2 Å². The summed E-state index contributed by atoms with van der Waals surface area (Å²) in [6.07, 6.45) is 1.64.